The number of ether oxygens (including phenoxy) is 1. The van der Waals surface area contributed by atoms with Crippen LogP contribution in [-0.4, -0.2) is 29.9 Å². The van der Waals surface area contributed by atoms with Gasteiger partial charge in [0.2, 0.25) is 0 Å². The number of unbranched alkanes of at least 4 members (excludes halogenated alkanes) is 3. The van der Waals surface area contributed by atoms with Crippen molar-refractivity contribution in [1.82, 2.24) is 0 Å². The first kappa shape index (κ1) is 19.4. The Balaban J connectivity index is 1.86. The Labute approximate surface area is 154 Å². The molecular weight excluding hydrogens is 336 g/mol. The number of ketones is 2. The summed E-state index contributed by atoms with van der Waals surface area (Å²) in [6.45, 7) is 2.05. The van der Waals surface area contributed by atoms with Gasteiger partial charge in [0.15, 0.2) is 11.6 Å². The predicted molar refractivity (Wildman–Crippen MR) is 100 cm³/mol. The fraction of sp³-hybridized carbons (Fsp3) is 0.450. The Morgan fingerprint density at radius 3 is 2.32 bits per heavy atom. The number of rotatable bonds is 9. The van der Waals surface area contributed by atoms with Crippen LogP contribution < -0.4 is 0 Å². The van der Waals surface area contributed by atoms with Crippen LogP contribution in [0.25, 0.3) is 0 Å². The number of benzene rings is 1. The van der Waals surface area contributed by atoms with E-state index in [1.165, 1.54) is 0 Å². The Kier molecular flexibility index (Phi) is 7.44. The molecule has 134 valence electrons. The first-order valence-electron chi connectivity index (χ1n) is 8.71. The van der Waals surface area contributed by atoms with Gasteiger partial charge in [0.25, 0.3) is 0 Å². The van der Waals surface area contributed by atoms with Crippen LogP contribution in [-0.2, 0) is 9.53 Å². The van der Waals surface area contributed by atoms with Crippen LogP contribution in [0.5, 0.6) is 0 Å². The molecule has 0 saturated heterocycles. The van der Waals surface area contributed by atoms with Crippen molar-refractivity contribution in [3.63, 3.8) is 0 Å². The monoisotopic (exact) mass is 360 g/mol. The summed E-state index contributed by atoms with van der Waals surface area (Å²) < 4.78 is 5.20. The van der Waals surface area contributed by atoms with Crippen LogP contribution in [0.3, 0.4) is 0 Å². The van der Waals surface area contributed by atoms with Gasteiger partial charge in [0, 0.05) is 28.7 Å². The van der Waals surface area contributed by atoms with Crippen LogP contribution >= 0.6 is 12.6 Å². The number of esters is 1. The van der Waals surface area contributed by atoms with E-state index in [9.17, 15) is 14.4 Å². The molecule has 0 aliphatic heterocycles. The molecule has 5 heteroatoms. The average Bonchev–Trinajstić information content (AvgIpc) is 2.62. The summed E-state index contributed by atoms with van der Waals surface area (Å²) in [5.74, 6) is 0.257. The molecule has 0 saturated carbocycles. The summed E-state index contributed by atoms with van der Waals surface area (Å²) in [5, 5.41) is 0. The summed E-state index contributed by atoms with van der Waals surface area (Å²) >= 11 is 4.15. The van der Waals surface area contributed by atoms with E-state index in [4.69, 9.17) is 4.74 Å². The molecule has 0 bridgehead atoms. The molecule has 4 nitrogen and oxygen atoms in total. The van der Waals surface area contributed by atoms with Gasteiger partial charge in [-0.2, -0.15) is 12.6 Å². The van der Waals surface area contributed by atoms with Gasteiger partial charge >= 0.3 is 5.97 Å². The van der Waals surface area contributed by atoms with Crippen LogP contribution in [0.4, 0.5) is 0 Å². The molecule has 0 amide bonds. The van der Waals surface area contributed by atoms with E-state index < -0.39 is 0 Å². The number of thiol groups is 1. The Morgan fingerprint density at radius 2 is 1.64 bits per heavy atom. The molecule has 0 atom stereocenters. The minimum absolute atomic E-state index is 0.116. The highest BCUT2D eigenvalue weighted by Crippen LogP contribution is 2.28. The number of fused-ring (bicyclic) bond motifs is 1. The van der Waals surface area contributed by atoms with Gasteiger partial charge in [0.05, 0.1) is 6.61 Å². The second-order valence-corrected chi connectivity index (χ2v) is 6.61. The molecule has 1 aromatic carbocycles. The number of allylic oxidation sites excluding steroid dienone is 2. The molecule has 0 radical (unpaired) electrons. The van der Waals surface area contributed by atoms with Crippen molar-refractivity contribution >= 4 is 30.2 Å². The van der Waals surface area contributed by atoms with Gasteiger partial charge in [-0.15, -0.1) is 0 Å². The van der Waals surface area contributed by atoms with Crippen molar-refractivity contribution in [1.29, 1.82) is 0 Å². The fourth-order valence-electron chi connectivity index (χ4n) is 2.90. The first-order chi connectivity index (χ1) is 12.1. The van der Waals surface area contributed by atoms with Gasteiger partial charge in [-0.25, -0.2) is 0 Å². The minimum Gasteiger partial charge on any atom is -0.466 e. The molecule has 0 fully saturated rings. The Hall–Kier alpha value is -1.88. The highest BCUT2D eigenvalue weighted by atomic mass is 32.1. The third kappa shape index (κ3) is 5.05. The quantitative estimate of drug-likeness (QED) is 0.407. The molecule has 1 aliphatic carbocycles. The SMILES string of the molecule is CC1=C(CCC(=O)OCCCCCCS)C(=O)c2ccccc2C1=O. The maximum atomic E-state index is 12.6. The zero-order chi connectivity index (χ0) is 18.2. The standard InChI is InChI=1S/C20H24O4S/c1-14-15(10-11-18(21)24-12-6-2-3-7-13-25)20(23)17-9-5-4-8-16(17)19(14)22/h4-5,8-9,25H,2-3,6-7,10-13H2,1H3. The van der Waals surface area contributed by atoms with Gasteiger partial charge in [-0.1, -0.05) is 37.1 Å². The lowest BCUT2D eigenvalue weighted by Gasteiger charge is -2.18. The maximum absolute atomic E-state index is 12.6. The topological polar surface area (TPSA) is 60.4 Å². The third-order valence-electron chi connectivity index (χ3n) is 4.38. The highest BCUT2D eigenvalue weighted by molar-refractivity contribution is 7.80. The molecule has 0 N–H and O–H groups in total. The van der Waals surface area contributed by atoms with Crippen LogP contribution in [0.15, 0.2) is 35.4 Å². The van der Waals surface area contributed by atoms with E-state index in [1.807, 2.05) is 0 Å². The van der Waals surface area contributed by atoms with Crippen molar-refractivity contribution < 1.29 is 19.1 Å². The van der Waals surface area contributed by atoms with Crippen molar-refractivity contribution in [2.24, 2.45) is 0 Å². The normalized spacial score (nSPS) is 13.8. The summed E-state index contributed by atoms with van der Waals surface area (Å²) in [4.78, 5) is 36.8. The van der Waals surface area contributed by atoms with E-state index in [1.54, 1.807) is 31.2 Å². The summed E-state index contributed by atoms with van der Waals surface area (Å²) in [6, 6.07) is 6.81. The van der Waals surface area contributed by atoms with Crippen molar-refractivity contribution in [3.05, 3.63) is 46.5 Å². The molecular formula is C20H24O4S. The van der Waals surface area contributed by atoms with E-state index in [2.05, 4.69) is 12.6 Å². The smallest absolute Gasteiger partial charge is 0.306 e. The van der Waals surface area contributed by atoms with Crippen molar-refractivity contribution in [2.45, 2.75) is 45.4 Å². The predicted octanol–water partition coefficient (Wildman–Crippen LogP) is 4.20. The van der Waals surface area contributed by atoms with E-state index >= 15 is 0 Å². The number of carbonyl (C=O) groups excluding carboxylic acids is 3. The molecule has 2 rings (SSSR count). The maximum Gasteiger partial charge on any atom is 0.306 e. The fourth-order valence-corrected chi connectivity index (χ4v) is 3.13. The van der Waals surface area contributed by atoms with E-state index in [-0.39, 0.29) is 30.4 Å². The zero-order valence-corrected chi connectivity index (χ0v) is 15.4. The van der Waals surface area contributed by atoms with E-state index in [0.29, 0.717) is 28.9 Å². The molecule has 0 aromatic heterocycles. The molecule has 1 aromatic rings. The Morgan fingerprint density at radius 1 is 1.00 bits per heavy atom. The molecule has 1 aliphatic rings. The second kappa shape index (κ2) is 9.56. The number of Topliss-reactive ketones (excluding diaryl/α,β-unsaturated/α-hetero) is 2. The average molecular weight is 360 g/mol. The highest BCUT2D eigenvalue weighted by Gasteiger charge is 2.29. The van der Waals surface area contributed by atoms with E-state index in [0.717, 1.165) is 31.4 Å². The number of carbonyl (C=O) groups is 3. The van der Waals surface area contributed by atoms with Gasteiger partial charge in [-0.3, -0.25) is 14.4 Å². The number of hydrogen-bond donors (Lipinski definition) is 1. The van der Waals surface area contributed by atoms with Crippen molar-refractivity contribution in [3.8, 4) is 0 Å². The summed E-state index contributed by atoms with van der Waals surface area (Å²) in [7, 11) is 0. The number of hydrogen-bond acceptors (Lipinski definition) is 5. The largest absolute Gasteiger partial charge is 0.466 e. The first-order valence-corrected chi connectivity index (χ1v) is 9.34. The van der Waals surface area contributed by atoms with Gasteiger partial charge in [-0.05, 0) is 31.9 Å². The molecule has 0 spiro atoms. The minimum atomic E-state index is -0.325. The summed E-state index contributed by atoms with van der Waals surface area (Å²) in [5.41, 5.74) is 1.72. The summed E-state index contributed by atoms with van der Waals surface area (Å²) in [6.07, 6.45) is 4.37. The zero-order valence-electron chi connectivity index (χ0n) is 14.5. The molecule has 0 unspecified atom stereocenters. The lowest BCUT2D eigenvalue weighted by molar-refractivity contribution is -0.143. The second-order valence-electron chi connectivity index (χ2n) is 6.17. The van der Waals surface area contributed by atoms with Gasteiger partial charge in [0.1, 0.15) is 0 Å². The van der Waals surface area contributed by atoms with Crippen molar-refractivity contribution in [2.75, 3.05) is 12.4 Å². The van der Waals surface area contributed by atoms with Crippen LogP contribution in [0.2, 0.25) is 0 Å². The molecule has 25 heavy (non-hydrogen) atoms. The molecule has 0 heterocycles. The van der Waals surface area contributed by atoms with Crippen LogP contribution in [0, 0.1) is 0 Å². The third-order valence-corrected chi connectivity index (χ3v) is 4.69. The lowest BCUT2D eigenvalue weighted by atomic mass is 9.83. The van der Waals surface area contributed by atoms with Gasteiger partial charge < -0.3 is 4.74 Å². The Bertz CT molecular complexity index is 691. The lowest BCUT2D eigenvalue weighted by Crippen LogP contribution is -2.21. The van der Waals surface area contributed by atoms with Crippen LogP contribution in [0.1, 0.15) is 66.2 Å².